The average Bonchev–Trinajstić information content (AvgIpc) is 2.00. The molecule has 60 valence electrons. The molecule has 2 atom stereocenters. The summed E-state index contributed by atoms with van der Waals surface area (Å²) in [5.41, 5.74) is 5.02. The van der Waals surface area contributed by atoms with Crippen LogP contribution in [0.3, 0.4) is 0 Å². The van der Waals surface area contributed by atoms with Crippen molar-refractivity contribution in [3.05, 3.63) is 0 Å². The maximum Gasteiger partial charge on any atom is 0.182 e. The summed E-state index contributed by atoms with van der Waals surface area (Å²) in [5, 5.41) is 25.2. The van der Waals surface area contributed by atoms with Crippen molar-refractivity contribution in [2.24, 2.45) is 5.73 Å². The molecule has 5 heteroatoms. The summed E-state index contributed by atoms with van der Waals surface area (Å²) >= 11 is 0. The number of nitrogens with two attached hydrogens (primary N) is 1. The van der Waals surface area contributed by atoms with E-state index < -0.39 is 31.1 Å². The van der Waals surface area contributed by atoms with Gasteiger partial charge in [0.15, 0.2) is 5.78 Å². The van der Waals surface area contributed by atoms with Crippen LogP contribution in [0.5, 0.6) is 0 Å². The first kappa shape index (κ1) is 9.51. The third-order valence-electron chi connectivity index (χ3n) is 1.06. The van der Waals surface area contributed by atoms with E-state index in [1.54, 1.807) is 0 Å². The van der Waals surface area contributed by atoms with Crippen molar-refractivity contribution in [1.82, 2.24) is 0 Å². The molecule has 0 aliphatic heterocycles. The fourth-order valence-corrected chi connectivity index (χ4v) is 0.427. The van der Waals surface area contributed by atoms with E-state index in [9.17, 15) is 4.79 Å². The summed E-state index contributed by atoms with van der Waals surface area (Å²) in [4.78, 5) is 10.6. The number of Topliss-reactive ketones (excluding diaryl/α,β-unsaturated/α-hetero) is 1. The van der Waals surface area contributed by atoms with Gasteiger partial charge in [0.25, 0.3) is 0 Å². The normalized spacial score (nSPS) is 16.4. The Morgan fingerprint density at radius 3 is 2.20 bits per heavy atom. The van der Waals surface area contributed by atoms with Crippen molar-refractivity contribution in [2.45, 2.75) is 12.1 Å². The molecule has 0 bridgehead atoms. The smallest absolute Gasteiger partial charge is 0.182 e. The molecule has 0 aliphatic rings. The molecule has 0 unspecified atom stereocenters. The first-order valence-electron chi connectivity index (χ1n) is 2.82. The van der Waals surface area contributed by atoms with E-state index in [-0.39, 0.29) is 0 Å². The molecular formula is C5H11NO4. The van der Waals surface area contributed by atoms with Crippen molar-refractivity contribution >= 4 is 5.78 Å². The number of hydrogen-bond donors (Lipinski definition) is 4. The molecule has 10 heavy (non-hydrogen) atoms. The molecule has 0 aromatic heterocycles. The Morgan fingerprint density at radius 1 is 1.40 bits per heavy atom. The van der Waals surface area contributed by atoms with Crippen molar-refractivity contribution < 1.29 is 20.1 Å². The third kappa shape index (κ3) is 2.40. The minimum atomic E-state index is -1.47. The van der Waals surface area contributed by atoms with Gasteiger partial charge in [0.1, 0.15) is 6.10 Å². The summed E-state index contributed by atoms with van der Waals surface area (Å²) in [6.45, 7) is -1.18. The van der Waals surface area contributed by atoms with Crippen molar-refractivity contribution in [3.8, 4) is 0 Å². The van der Waals surface area contributed by atoms with E-state index in [1.807, 2.05) is 0 Å². The van der Waals surface area contributed by atoms with E-state index in [1.165, 1.54) is 0 Å². The second kappa shape index (κ2) is 4.35. The van der Waals surface area contributed by atoms with Crippen LogP contribution < -0.4 is 5.73 Å². The number of ketones is 1. The zero-order chi connectivity index (χ0) is 8.15. The molecule has 0 fully saturated rings. The molecule has 0 amide bonds. The zero-order valence-electron chi connectivity index (χ0n) is 5.40. The highest BCUT2D eigenvalue weighted by atomic mass is 16.3. The monoisotopic (exact) mass is 149 g/mol. The first-order chi connectivity index (χ1) is 4.63. The zero-order valence-corrected chi connectivity index (χ0v) is 5.40. The minimum Gasteiger partial charge on any atom is -0.394 e. The number of hydrogen-bond acceptors (Lipinski definition) is 5. The van der Waals surface area contributed by atoms with Crippen LogP contribution in [0.2, 0.25) is 0 Å². The van der Waals surface area contributed by atoms with Crippen LogP contribution in [0.15, 0.2) is 0 Å². The van der Waals surface area contributed by atoms with E-state index in [0.717, 1.165) is 0 Å². The van der Waals surface area contributed by atoms with Gasteiger partial charge in [0.05, 0.1) is 19.3 Å². The number of aliphatic hydroxyl groups excluding tert-OH is 3. The molecule has 0 aromatic carbocycles. The molecule has 5 N–H and O–H groups in total. The van der Waals surface area contributed by atoms with Crippen molar-refractivity contribution in [1.29, 1.82) is 0 Å². The number of carbonyl (C=O) groups excluding carboxylic acids is 1. The summed E-state index contributed by atoms with van der Waals surface area (Å²) in [5.74, 6) is -0.745. The molecule has 0 saturated carbocycles. The minimum absolute atomic E-state index is 0.518. The van der Waals surface area contributed by atoms with E-state index in [2.05, 4.69) is 0 Å². The van der Waals surface area contributed by atoms with Crippen LogP contribution in [0, 0.1) is 0 Å². The largest absolute Gasteiger partial charge is 0.394 e. The Bertz CT molecular complexity index is 104. The lowest BCUT2D eigenvalue weighted by Crippen LogP contribution is -2.42. The van der Waals surface area contributed by atoms with E-state index in [0.29, 0.717) is 0 Å². The van der Waals surface area contributed by atoms with E-state index in [4.69, 9.17) is 21.1 Å². The lowest BCUT2D eigenvalue weighted by Gasteiger charge is -2.09. The molecule has 5 nitrogen and oxygen atoms in total. The highest BCUT2D eigenvalue weighted by Gasteiger charge is 2.20. The van der Waals surface area contributed by atoms with Crippen molar-refractivity contribution in [2.75, 3.05) is 13.2 Å². The van der Waals surface area contributed by atoms with E-state index >= 15 is 0 Å². The summed E-state index contributed by atoms with van der Waals surface area (Å²) in [6, 6.07) is -1.10. The molecule has 0 rings (SSSR count). The third-order valence-corrected chi connectivity index (χ3v) is 1.06. The van der Waals surface area contributed by atoms with Gasteiger partial charge in [0.2, 0.25) is 0 Å². The van der Waals surface area contributed by atoms with Crippen LogP contribution in [-0.2, 0) is 4.79 Å². The fourth-order valence-electron chi connectivity index (χ4n) is 0.427. The van der Waals surface area contributed by atoms with Gasteiger partial charge >= 0.3 is 0 Å². The standard InChI is InChI=1S/C5H11NO4/c6-3(1-7)5(10)4(9)2-8/h3-4,7-9H,1-2,6H2/t3-,4+/m0/s1. The highest BCUT2D eigenvalue weighted by molar-refractivity contribution is 5.87. The summed E-state index contributed by atoms with van der Waals surface area (Å²) < 4.78 is 0. The van der Waals surface area contributed by atoms with Crippen molar-refractivity contribution in [3.63, 3.8) is 0 Å². The van der Waals surface area contributed by atoms with Crippen LogP contribution in [-0.4, -0.2) is 46.5 Å². The molecule has 0 aromatic rings. The Kier molecular flexibility index (Phi) is 4.13. The molecular weight excluding hydrogens is 138 g/mol. The lowest BCUT2D eigenvalue weighted by molar-refractivity contribution is -0.131. The van der Waals surface area contributed by atoms with Crippen LogP contribution in [0.25, 0.3) is 0 Å². The quantitative estimate of drug-likeness (QED) is 0.346. The first-order valence-corrected chi connectivity index (χ1v) is 2.82. The molecule has 0 spiro atoms. The molecule has 0 saturated heterocycles. The van der Waals surface area contributed by atoms with Gasteiger partial charge in [0, 0.05) is 0 Å². The Labute approximate surface area is 58.1 Å². The maximum atomic E-state index is 10.6. The van der Waals surface area contributed by atoms with Gasteiger partial charge in [-0.25, -0.2) is 0 Å². The van der Waals surface area contributed by atoms with Gasteiger partial charge in [-0.05, 0) is 0 Å². The van der Waals surface area contributed by atoms with Crippen LogP contribution in [0.4, 0.5) is 0 Å². The molecule has 0 heterocycles. The predicted molar refractivity (Wildman–Crippen MR) is 33.2 cm³/mol. The number of rotatable bonds is 4. The Hall–Kier alpha value is -0.490. The Morgan fingerprint density at radius 2 is 1.90 bits per heavy atom. The number of carbonyl (C=O) groups is 1. The average molecular weight is 149 g/mol. The number of aliphatic hydroxyl groups is 3. The SMILES string of the molecule is N[C@@H](CO)C(=O)[C@H](O)CO. The maximum absolute atomic E-state index is 10.6. The van der Waals surface area contributed by atoms with Crippen LogP contribution >= 0.6 is 0 Å². The molecule has 0 radical (unpaired) electrons. The summed E-state index contributed by atoms with van der Waals surface area (Å²) in [6.07, 6.45) is -1.47. The van der Waals surface area contributed by atoms with Gasteiger partial charge in [-0.15, -0.1) is 0 Å². The van der Waals surface area contributed by atoms with Crippen LogP contribution in [0.1, 0.15) is 0 Å². The second-order valence-electron chi connectivity index (χ2n) is 1.89. The topological polar surface area (TPSA) is 104 Å². The van der Waals surface area contributed by atoms with Gasteiger partial charge in [-0.3, -0.25) is 4.79 Å². The van der Waals surface area contributed by atoms with Gasteiger partial charge < -0.3 is 21.1 Å². The Balaban J connectivity index is 3.82. The molecule has 0 aliphatic carbocycles. The second-order valence-corrected chi connectivity index (χ2v) is 1.89. The highest BCUT2D eigenvalue weighted by Crippen LogP contribution is 1.88. The summed E-state index contributed by atoms with van der Waals surface area (Å²) in [7, 11) is 0. The fraction of sp³-hybridized carbons (Fsp3) is 0.800. The van der Waals surface area contributed by atoms with Gasteiger partial charge in [-0.1, -0.05) is 0 Å². The van der Waals surface area contributed by atoms with Gasteiger partial charge in [-0.2, -0.15) is 0 Å². The lowest BCUT2D eigenvalue weighted by atomic mass is 10.1. The predicted octanol–water partition coefficient (Wildman–Crippen LogP) is -2.77.